The van der Waals surface area contributed by atoms with Gasteiger partial charge in [-0.25, -0.2) is 0 Å². The number of anilines is 1. The van der Waals surface area contributed by atoms with Crippen LogP contribution in [0, 0.1) is 12.8 Å². The van der Waals surface area contributed by atoms with Gasteiger partial charge in [0.2, 0.25) is 0 Å². The highest BCUT2D eigenvalue weighted by Crippen LogP contribution is 2.33. The lowest BCUT2D eigenvalue weighted by Gasteiger charge is -2.32. The van der Waals surface area contributed by atoms with Crippen molar-refractivity contribution in [2.24, 2.45) is 5.92 Å². The first-order valence-corrected chi connectivity index (χ1v) is 11.9. The van der Waals surface area contributed by atoms with Gasteiger partial charge >= 0.3 is 5.97 Å². The van der Waals surface area contributed by atoms with E-state index in [2.05, 4.69) is 10.00 Å². The van der Waals surface area contributed by atoms with Crippen LogP contribution in [0.1, 0.15) is 49.5 Å². The van der Waals surface area contributed by atoms with Gasteiger partial charge in [0.15, 0.2) is 5.82 Å². The van der Waals surface area contributed by atoms with Gasteiger partial charge in [0.1, 0.15) is 11.4 Å². The third-order valence-electron chi connectivity index (χ3n) is 5.98. The molecule has 3 aromatic rings. The second kappa shape index (κ2) is 9.70. The molecule has 0 amide bonds. The lowest BCUT2D eigenvalue weighted by Crippen LogP contribution is -2.39. The Morgan fingerprint density at radius 3 is 2.49 bits per heavy atom. The Labute approximate surface area is 208 Å². The molecule has 4 rings (SSSR count). The average molecular weight is 498 g/mol. The molecule has 1 aliphatic rings. The van der Waals surface area contributed by atoms with E-state index in [4.69, 9.17) is 21.1 Å². The second-order valence-electron chi connectivity index (χ2n) is 9.66. The number of carbonyl (C=O) groups excluding carboxylic acids is 3. The van der Waals surface area contributed by atoms with Crippen molar-refractivity contribution in [1.82, 2.24) is 9.78 Å². The fraction of sp³-hybridized carbons (Fsp3) is 0.385. The second-order valence-corrected chi connectivity index (χ2v) is 10.1. The summed E-state index contributed by atoms with van der Waals surface area (Å²) in [6.45, 7) is 8.90. The van der Waals surface area contributed by atoms with Crippen molar-refractivity contribution in [3.8, 4) is 5.75 Å². The Bertz CT molecular complexity index is 1270. The monoisotopic (exact) mass is 497 g/mol. The largest absolute Gasteiger partial charge is 0.460 e. The van der Waals surface area contributed by atoms with Crippen LogP contribution in [0.15, 0.2) is 36.4 Å². The number of hydrogen-bond donors (Lipinski definition) is 0. The van der Waals surface area contributed by atoms with Gasteiger partial charge in [-0.1, -0.05) is 23.7 Å². The van der Waals surface area contributed by atoms with E-state index in [-0.39, 0.29) is 17.8 Å². The van der Waals surface area contributed by atoms with Gasteiger partial charge in [0, 0.05) is 24.5 Å². The molecule has 1 fully saturated rings. The zero-order valence-corrected chi connectivity index (χ0v) is 21.0. The molecule has 1 aromatic heterocycles. The van der Waals surface area contributed by atoms with E-state index in [0.29, 0.717) is 60.1 Å². The van der Waals surface area contributed by atoms with Crippen LogP contribution in [0.3, 0.4) is 0 Å². The normalized spacial score (nSPS) is 14.7. The number of halogens is 1. The van der Waals surface area contributed by atoms with Gasteiger partial charge in [-0.3, -0.25) is 14.4 Å². The van der Waals surface area contributed by atoms with Crippen LogP contribution in [-0.4, -0.2) is 46.8 Å². The Kier molecular flexibility index (Phi) is 6.85. The van der Waals surface area contributed by atoms with E-state index in [1.54, 1.807) is 30.3 Å². The molecule has 1 saturated heterocycles. The number of esters is 1. The first-order valence-electron chi connectivity index (χ1n) is 11.5. The quantitative estimate of drug-likeness (QED) is 0.370. The van der Waals surface area contributed by atoms with E-state index in [0.717, 1.165) is 10.9 Å². The van der Waals surface area contributed by atoms with E-state index in [1.165, 1.54) is 4.68 Å². The molecule has 2 aromatic carbocycles. The van der Waals surface area contributed by atoms with Crippen LogP contribution in [0.5, 0.6) is 5.75 Å². The minimum atomic E-state index is -0.526. The SMILES string of the molecule is Cc1cccc(Cl)c1C(=O)n1nc(N2CCC(C(=O)OC(C)(C)C)CC2)c2ccc(OC=O)cc21. The topological polar surface area (TPSA) is 90.7 Å². The van der Waals surface area contributed by atoms with Crippen molar-refractivity contribution in [1.29, 1.82) is 0 Å². The van der Waals surface area contributed by atoms with Crippen molar-refractivity contribution in [3.63, 3.8) is 0 Å². The van der Waals surface area contributed by atoms with Gasteiger partial charge < -0.3 is 14.4 Å². The van der Waals surface area contributed by atoms with Crippen LogP contribution in [-0.2, 0) is 14.3 Å². The van der Waals surface area contributed by atoms with Crippen molar-refractivity contribution < 1.29 is 23.9 Å². The highest BCUT2D eigenvalue weighted by Gasteiger charge is 2.31. The van der Waals surface area contributed by atoms with E-state index in [9.17, 15) is 14.4 Å². The number of ether oxygens (including phenoxy) is 2. The Morgan fingerprint density at radius 2 is 1.86 bits per heavy atom. The summed E-state index contributed by atoms with van der Waals surface area (Å²) in [5.74, 6) is 0.175. The van der Waals surface area contributed by atoms with Gasteiger partial charge in [-0.2, -0.15) is 4.68 Å². The molecular formula is C26H28ClN3O5. The summed E-state index contributed by atoms with van der Waals surface area (Å²) >= 11 is 6.37. The van der Waals surface area contributed by atoms with E-state index >= 15 is 0 Å². The van der Waals surface area contributed by atoms with E-state index < -0.39 is 5.60 Å². The van der Waals surface area contributed by atoms with Crippen molar-refractivity contribution in [2.45, 2.75) is 46.1 Å². The Balaban J connectivity index is 1.69. The molecule has 184 valence electrons. The molecule has 8 nitrogen and oxygen atoms in total. The molecule has 0 radical (unpaired) electrons. The number of carbonyl (C=O) groups is 3. The number of benzene rings is 2. The maximum atomic E-state index is 13.6. The maximum Gasteiger partial charge on any atom is 0.309 e. The van der Waals surface area contributed by atoms with Crippen LogP contribution < -0.4 is 9.64 Å². The van der Waals surface area contributed by atoms with Gasteiger partial charge in [0.25, 0.3) is 12.4 Å². The summed E-state index contributed by atoms with van der Waals surface area (Å²) in [6.07, 6.45) is 1.24. The van der Waals surface area contributed by atoms with Crippen LogP contribution >= 0.6 is 11.6 Å². The lowest BCUT2D eigenvalue weighted by atomic mass is 9.96. The molecule has 0 unspecified atom stereocenters. The summed E-state index contributed by atoms with van der Waals surface area (Å²) < 4.78 is 11.9. The van der Waals surface area contributed by atoms with Crippen LogP contribution in [0.2, 0.25) is 5.02 Å². The number of hydrogen-bond acceptors (Lipinski definition) is 7. The third kappa shape index (κ3) is 5.17. The summed E-state index contributed by atoms with van der Waals surface area (Å²) in [5.41, 5.74) is 1.06. The molecule has 0 aliphatic carbocycles. The minimum absolute atomic E-state index is 0.182. The maximum absolute atomic E-state index is 13.6. The highest BCUT2D eigenvalue weighted by atomic mass is 35.5. The van der Waals surface area contributed by atoms with Gasteiger partial charge in [-0.15, -0.1) is 5.10 Å². The van der Waals surface area contributed by atoms with Crippen molar-refractivity contribution in [2.75, 3.05) is 18.0 Å². The van der Waals surface area contributed by atoms with Gasteiger partial charge in [-0.05, 0) is 64.3 Å². The summed E-state index contributed by atoms with van der Waals surface area (Å²) in [7, 11) is 0. The molecule has 0 bridgehead atoms. The number of rotatable bonds is 5. The molecule has 9 heteroatoms. The molecule has 1 aliphatic heterocycles. The van der Waals surface area contributed by atoms with Gasteiger partial charge in [0.05, 0.1) is 22.0 Å². The molecule has 35 heavy (non-hydrogen) atoms. The zero-order valence-electron chi connectivity index (χ0n) is 20.2. The number of nitrogens with zero attached hydrogens (tertiary/aromatic N) is 3. The average Bonchev–Trinajstić information content (AvgIpc) is 3.17. The first-order chi connectivity index (χ1) is 16.6. The Morgan fingerprint density at radius 1 is 1.14 bits per heavy atom. The Hall–Kier alpha value is -3.39. The standard InChI is InChI=1S/C26H28ClN3O5/c1-16-6-5-7-20(27)22(16)24(32)30-21-14-18(34-15-31)8-9-19(21)23(28-30)29-12-10-17(11-13-29)25(33)35-26(2,3)4/h5-9,14-15,17H,10-13H2,1-4H3. The number of fused-ring (bicyclic) bond motifs is 1. The number of piperidine rings is 1. The van der Waals surface area contributed by atoms with Crippen LogP contribution in [0.25, 0.3) is 10.9 Å². The van der Waals surface area contributed by atoms with Crippen LogP contribution in [0.4, 0.5) is 5.82 Å². The number of aryl methyl sites for hydroxylation is 1. The molecule has 0 saturated carbocycles. The third-order valence-corrected chi connectivity index (χ3v) is 6.29. The molecule has 0 spiro atoms. The summed E-state index contributed by atoms with van der Waals surface area (Å²) in [6, 6.07) is 10.3. The molecule has 0 N–H and O–H groups in total. The summed E-state index contributed by atoms with van der Waals surface area (Å²) in [4.78, 5) is 39.0. The smallest absolute Gasteiger partial charge is 0.309 e. The fourth-order valence-corrected chi connectivity index (χ4v) is 4.62. The number of aromatic nitrogens is 2. The predicted octanol–water partition coefficient (Wildman–Crippen LogP) is 4.78. The van der Waals surface area contributed by atoms with Crippen molar-refractivity contribution in [3.05, 3.63) is 52.5 Å². The molecule has 0 atom stereocenters. The molecular weight excluding hydrogens is 470 g/mol. The molecule has 2 heterocycles. The summed E-state index contributed by atoms with van der Waals surface area (Å²) in [5, 5.41) is 5.74. The lowest BCUT2D eigenvalue weighted by molar-refractivity contribution is -0.160. The van der Waals surface area contributed by atoms with E-state index in [1.807, 2.05) is 33.8 Å². The first kappa shape index (κ1) is 24.7. The fourth-order valence-electron chi connectivity index (χ4n) is 4.32. The van der Waals surface area contributed by atoms with Crippen molar-refractivity contribution >= 4 is 46.7 Å². The zero-order chi connectivity index (χ0) is 25.3. The minimum Gasteiger partial charge on any atom is -0.460 e. The predicted molar refractivity (Wildman–Crippen MR) is 133 cm³/mol. The highest BCUT2D eigenvalue weighted by molar-refractivity contribution is 6.34.